The van der Waals surface area contributed by atoms with Gasteiger partial charge in [0.1, 0.15) is 0 Å². The second-order valence-corrected chi connectivity index (χ2v) is 8.24. The summed E-state index contributed by atoms with van der Waals surface area (Å²) < 4.78 is 2.07. The molecule has 142 valence electrons. The first-order valence-electron chi connectivity index (χ1n) is 9.41. The number of benzene rings is 1. The van der Waals surface area contributed by atoms with Crippen molar-refractivity contribution in [3.8, 4) is 10.4 Å². The molecule has 0 saturated heterocycles. The van der Waals surface area contributed by atoms with E-state index < -0.39 is 0 Å². The van der Waals surface area contributed by atoms with E-state index in [-0.39, 0.29) is 5.91 Å². The van der Waals surface area contributed by atoms with E-state index in [2.05, 4.69) is 41.9 Å². The number of amides is 1. The second-order valence-electron chi connectivity index (χ2n) is 7.30. The molecule has 0 aliphatic rings. The van der Waals surface area contributed by atoms with Crippen molar-refractivity contribution in [3.05, 3.63) is 58.7 Å². The van der Waals surface area contributed by atoms with Gasteiger partial charge < -0.3 is 5.32 Å². The van der Waals surface area contributed by atoms with Crippen LogP contribution >= 0.6 is 11.3 Å². The molecule has 0 aliphatic carbocycles. The standard InChI is InChI=1S/C22H27N3OS/c1-15(2)14-25-17(4)18(16(3)24-25)11-12-22(26)23-20-9-6-5-8-19(20)21-10-7-13-27-21/h5-10,13,15H,11-12,14H2,1-4H3,(H,23,26). The number of hydrogen-bond donors (Lipinski definition) is 1. The Hall–Kier alpha value is -2.40. The maximum Gasteiger partial charge on any atom is 0.224 e. The predicted octanol–water partition coefficient (Wildman–Crippen LogP) is 5.46. The molecule has 2 aromatic heterocycles. The molecule has 1 aromatic carbocycles. The van der Waals surface area contributed by atoms with Gasteiger partial charge >= 0.3 is 0 Å². The van der Waals surface area contributed by atoms with Gasteiger partial charge in [-0.25, -0.2) is 0 Å². The van der Waals surface area contributed by atoms with Crippen LogP contribution in [-0.2, 0) is 17.8 Å². The van der Waals surface area contributed by atoms with Crippen molar-refractivity contribution in [3.63, 3.8) is 0 Å². The molecule has 1 amide bonds. The van der Waals surface area contributed by atoms with Gasteiger partial charge in [-0.3, -0.25) is 9.48 Å². The molecular formula is C22H27N3OS. The quantitative estimate of drug-likeness (QED) is 0.591. The summed E-state index contributed by atoms with van der Waals surface area (Å²) in [5.74, 6) is 0.585. The lowest BCUT2D eigenvalue weighted by molar-refractivity contribution is -0.116. The van der Waals surface area contributed by atoms with Crippen LogP contribution in [0.15, 0.2) is 41.8 Å². The Morgan fingerprint density at radius 3 is 2.67 bits per heavy atom. The van der Waals surface area contributed by atoms with E-state index in [1.54, 1.807) is 11.3 Å². The Morgan fingerprint density at radius 1 is 1.19 bits per heavy atom. The van der Waals surface area contributed by atoms with Gasteiger partial charge in [-0.15, -0.1) is 11.3 Å². The summed E-state index contributed by atoms with van der Waals surface area (Å²) in [5.41, 5.74) is 5.33. The molecule has 0 saturated carbocycles. The zero-order valence-corrected chi connectivity index (χ0v) is 17.3. The van der Waals surface area contributed by atoms with Gasteiger partial charge in [-0.05, 0) is 49.3 Å². The van der Waals surface area contributed by atoms with Crippen molar-refractivity contribution in [2.24, 2.45) is 5.92 Å². The minimum absolute atomic E-state index is 0.0365. The van der Waals surface area contributed by atoms with Crippen molar-refractivity contribution >= 4 is 22.9 Å². The zero-order valence-electron chi connectivity index (χ0n) is 16.5. The Balaban J connectivity index is 1.67. The average molecular weight is 382 g/mol. The highest BCUT2D eigenvalue weighted by Gasteiger charge is 2.15. The number of nitrogens with one attached hydrogen (secondary N) is 1. The summed E-state index contributed by atoms with van der Waals surface area (Å²) in [7, 11) is 0. The van der Waals surface area contributed by atoms with Crippen LogP contribution in [0, 0.1) is 19.8 Å². The van der Waals surface area contributed by atoms with Crippen molar-refractivity contribution in [1.29, 1.82) is 0 Å². The SMILES string of the molecule is Cc1nn(CC(C)C)c(C)c1CCC(=O)Nc1ccccc1-c1cccs1. The van der Waals surface area contributed by atoms with Crippen molar-refractivity contribution < 1.29 is 4.79 Å². The minimum Gasteiger partial charge on any atom is -0.325 e. The molecular weight excluding hydrogens is 354 g/mol. The number of nitrogens with zero attached hydrogens (tertiary/aromatic N) is 2. The summed E-state index contributed by atoms with van der Waals surface area (Å²) in [6, 6.07) is 12.1. The van der Waals surface area contributed by atoms with Gasteiger partial charge in [0, 0.05) is 34.8 Å². The molecule has 27 heavy (non-hydrogen) atoms. The van der Waals surface area contributed by atoms with Crippen LogP contribution in [0.5, 0.6) is 0 Å². The Morgan fingerprint density at radius 2 is 1.96 bits per heavy atom. The van der Waals surface area contributed by atoms with Gasteiger partial charge in [0.05, 0.1) is 5.69 Å². The number of aromatic nitrogens is 2. The van der Waals surface area contributed by atoms with Gasteiger partial charge in [0.2, 0.25) is 5.91 Å². The van der Waals surface area contributed by atoms with Crippen molar-refractivity contribution in [1.82, 2.24) is 9.78 Å². The van der Waals surface area contributed by atoms with Crippen LogP contribution in [-0.4, -0.2) is 15.7 Å². The molecule has 4 nitrogen and oxygen atoms in total. The van der Waals surface area contributed by atoms with Crippen LogP contribution in [0.3, 0.4) is 0 Å². The molecule has 3 aromatic rings. The lowest BCUT2D eigenvalue weighted by atomic mass is 10.1. The monoisotopic (exact) mass is 381 g/mol. The number of thiophene rings is 1. The van der Waals surface area contributed by atoms with Crippen LogP contribution in [0.1, 0.15) is 37.2 Å². The summed E-state index contributed by atoms with van der Waals surface area (Å²) in [4.78, 5) is 13.7. The largest absolute Gasteiger partial charge is 0.325 e. The van der Waals surface area contributed by atoms with E-state index >= 15 is 0 Å². The number of carbonyl (C=O) groups excluding carboxylic acids is 1. The number of rotatable bonds is 7. The normalized spacial score (nSPS) is 11.1. The van der Waals surface area contributed by atoms with Crippen LogP contribution in [0.25, 0.3) is 10.4 Å². The lowest BCUT2D eigenvalue weighted by Gasteiger charge is -2.10. The Labute approximate surface area is 165 Å². The zero-order chi connectivity index (χ0) is 19.4. The van der Waals surface area contributed by atoms with Crippen LogP contribution in [0.4, 0.5) is 5.69 Å². The number of para-hydroxylation sites is 1. The molecule has 0 atom stereocenters. The molecule has 0 spiro atoms. The molecule has 0 bridgehead atoms. The third kappa shape index (κ3) is 4.66. The second kappa shape index (κ2) is 8.53. The summed E-state index contributed by atoms with van der Waals surface area (Å²) in [6.07, 6.45) is 1.16. The topological polar surface area (TPSA) is 46.9 Å². The highest BCUT2D eigenvalue weighted by atomic mass is 32.1. The maximum absolute atomic E-state index is 12.6. The van der Waals surface area contributed by atoms with Crippen molar-refractivity contribution in [2.75, 3.05) is 5.32 Å². The Kier molecular flexibility index (Phi) is 6.11. The van der Waals surface area contributed by atoms with E-state index in [1.807, 2.05) is 42.6 Å². The fraction of sp³-hybridized carbons (Fsp3) is 0.364. The lowest BCUT2D eigenvalue weighted by Crippen LogP contribution is -2.13. The van der Waals surface area contributed by atoms with Gasteiger partial charge in [-0.2, -0.15) is 5.10 Å². The van der Waals surface area contributed by atoms with Crippen LogP contribution in [0.2, 0.25) is 0 Å². The predicted molar refractivity (Wildman–Crippen MR) is 113 cm³/mol. The van der Waals surface area contributed by atoms with Crippen LogP contribution < -0.4 is 5.32 Å². The molecule has 0 radical (unpaired) electrons. The first-order chi connectivity index (χ1) is 13.0. The molecule has 3 rings (SSSR count). The highest BCUT2D eigenvalue weighted by molar-refractivity contribution is 7.13. The molecule has 0 fully saturated rings. The molecule has 5 heteroatoms. The smallest absolute Gasteiger partial charge is 0.224 e. The van der Waals surface area contributed by atoms with E-state index in [4.69, 9.17) is 0 Å². The molecule has 0 aliphatic heterocycles. The third-order valence-corrected chi connectivity index (χ3v) is 5.56. The number of hydrogen-bond acceptors (Lipinski definition) is 3. The van der Waals surface area contributed by atoms with E-state index in [0.717, 1.165) is 28.4 Å². The van der Waals surface area contributed by atoms with Gasteiger partial charge in [-0.1, -0.05) is 38.1 Å². The molecule has 1 N–H and O–H groups in total. The number of carbonyl (C=O) groups is 1. The Bertz CT molecular complexity index is 910. The maximum atomic E-state index is 12.6. The fourth-order valence-corrected chi connectivity index (χ4v) is 4.08. The highest BCUT2D eigenvalue weighted by Crippen LogP contribution is 2.31. The van der Waals surface area contributed by atoms with Crippen molar-refractivity contribution in [2.45, 2.75) is 47.1 Å². The van der Waals surface area contributed by atoms with E-state index in [9.17, 15) is 4.79 Å². The summed E-state index contributed by atoms with van der Waals surface area (Å²) in [6.45, 7) is 9.42. The molecule has 0 unspecified atom stereocenters. The van der Waals surface area contributed by atoms with E-state index in [1.165, 1.54) is 11.3 Å². The average Bonchev–Trinajstić information content (AvgIpc) is 3.23. The van der Waals surface area contributed by atoms with E-state index in [0.29, 0.717) is 18.8 Å². The first-order valence-corrected chi connectivity index (χ1v) is 10.3. The molecule has 2 heterocycles. The van der Waals surface area contributed by atoms with Gasteiger partial charge in [0.25, 0.3) is 0 Å². The number of anilines is 1. The minimum atomic E-state index is 0.0365. The number of aryl methyl sites for hydroxylation is 1. The summed E-state index contributed by atoms with van der Waals surface area (Å²) in [5, 5.41) is 9.78. The fourth-order valence-electron chi connectivity index (χ4n) is 3.31. The summed E-state index contributed by atoms with van der Waals surface area (Å²) >= 11 is 1.68. The van der Waals surface area contributed by atoms with Gasteiger partial charge in [0.15, 0.2) is 0 Å². The third-order valence-electron chi connectivity index (χ3n) is 4.66. The first kappa shape index (κ1) is 19.4.